The third-order valence-electron chi connectivity index (χ3n) is 4.78. The van der Waals surface area contributed by atoms with Gasteiger partial charge in [-0.2, -0.15) is 0 Å². The van der Waals surface area contributed by atoms with Gasteiger partial charge in [0.15, 0.2) is 18.1 Å². The SMILES string of the molecule is CCCn1c(C)cc(C(=O)COC(=O)/C=C/c2cc3c(cc2[N+](=O)[O-])OCO3)c1C. The molecular weight excluding hydrogens is 392 g/mol. The Morgan fingerprint density at radius 2 is 1.93 bits per heavy atom. The summed E-state index contributed by atoms with van der Waals surface area (Å²) < 4.78 is 17.4. The highest BCUT2D eigenvalue weighted by molar-refractivity contribution is 6.00. The molecule has 0 aliphatic carbocycles. The molecule has 9 heteroatoms. The van der Waals surface area contributed by atoms with Crippen LogP contribution in [0.2, 0.25) is 0 Å². The average Bonchev–Trinajstić information content (AvgIpc) is 3.28. The van der Waals surface area contributed by atoms with E-state index in [0.29, 0.717) is 11.3 Å². The molecular formula is C21H22N2O7. The van der Waals surface area contributed by atoms with Crippen LogP contribution in [-0.4, -0.2) is 34.6 Å². The van der Waals surface area contributed by atoms with Crippen molar-refractivity contribution in [2.45, 2.75) is 33.7 Å². The number of nitro groups is 1. The zero-order valence-corrected chi connectivity index (χ0v) is 17.0. The van der Waals surface area contributed by atoms with Gasteiger partial charge < -0.3 is 18.8 Å². The van der Waals surface area contributed by atoms with Crippen molar-refractivity contribution < 1.29 is 28.7 Å². The predicted molar refractivity (Wildman–Crippen MR) is 108 cm³/mol. The molecule has 158 valence electrons. The number of carbonyl (C=O) groups is 2. The number of esters is 1. The first-order valence-electron chi connectivity index (χ1n) is 9.44. The third kappa shape index (κ3) is 4.35. The molecule has 0 N–H and O–H groups in total. The Morgan fingerprint density at radius 1 is 1.23 bits per heavy atom. The van der Waals surface area contributed by atoms with Crippen LogP contribution in [0.4, 0.5) is 5.69 Å². The zero-order valence-electron chi connectivity index (χ0n) is 17.0. The Bertz CT molecular complexity index is 1040. The van der Waals surface area contributed by atoms with Crippen LogP contribution in [0.15, 0.2) is 24.3 Å². The minimum absolute atomic E-state index is 0.0251. The van der Waals surface area contributed by atoms with Gasteiger partial charge in [-0.05, 0) is 38.5 Å². The highest BCUT2D eigenvalue weighted by Gasteiger charge is 2.22. The molecule has 9 nitrogen and oxygen atoms in total. The largest absolute Gasteiger partial charge is 0.454 e. The summed E-state index contributed by atoms with van der Waals surface area (Å²) in [5.41, 5.74) is 2.25. The number of carbonyl (C=O) groups excluding carboxylic acids is 2. The van der Waals surface area contributed by atoms with Crippen LogP contribution in [-0.2, 0) is 16.1 Å². The Kier molecular flexibility index (Phi) is 6.20. The number of rotatable bonds is 8. The molecule has 0 amide bonds. The summed E-state index contributed by atoms with van der Waals surface area (Å²) >= 11 is 0. The summed E-state index contributed by atoms with van der Waals surface area (Å²) in [5, 5.41) is 11.3. The van der Waals surface area contributed by atoms with Crippen molar-refractivity contribution in [3.63, 3.8) is 0 Å². The van der Waals surface area contributed by atoms with Crippen molar-refractivity contribution >= 4 is 23.5 Å². The van der Waals surface area contributed by atoms with Gasteiger partial charge in [-0.1, -0.05) is 6.92 Å². The lowest BCUT2D eigenvalue weighted by Crippen LogP contribution is -2.13. The van der Waals surface area contributed by atoms with Gasteiger partial charge in [0.1, 0.15) is 0 Å². The maximum Gasteiger partial charge on any atom is 0.331 e. The first-order chi connectivity index (χ1) is 14.3. The van der Waals surface area contributed by atoms with Crippen LogP contribution in [0.3, 0.4) is 0 Å². The molecule has 2 heterocycles. The summed E-state index contributed by atoms with van der Waals surface area (Å²) in [6.07, 6.45) is 3.23. The van der Waals surface area contributed by atoms with Gasteiger partial charge in [-0.15, -0.1) is 0 Å². The predicted octanol–water partition coefficient (Wildman–Crippen LogP) is 3.59. The quantitative estimate of drug-likeness (QED) is 0.213. The topological polar surface area (TPSA) is 110 Å². The van der Waals surface area contributed by atoms with E-state index in [1.165, 1.54) is 18.2 Å². The van der Waals surface area contributed by atoms with Crippen LogP contribution in [0.1, 0.15) is 40.7 Å². The van der Waals surface area contributed by atoms with E-state index in [0.717, 1.165) is 30.4 Å². The van der Waals surface area contributed by atoms with Crippen LogP contribution in [0.5, 0.6) is 11.5 Å². The summed E-state index contributed by atoms with van der Waals surface area (Å²) in [7, 11) is 0. The standard InChI is InChI=1S/C21H22N2O7/c1-4-7-22-13(2)8-16(14(22)3)18(24)11-28-21(25)6-5-15-9-19-20(30-12-29-19)10-17(15)23(26)27/h5-6,8-10H,4,7,11-12H2,1-3H3/b6-5+. The molecule has 2 aromatic rings. The van der Waals surface area contributed by atoms with Gasteiger partial charge in [-0.25, -0.2) is 4.79 Å². The minimum Gasteiger partial charge on any atom is -0.454 e. The normalized spacial score (nSPS) is 12.4. The molecule has 0 saturated carbocycles. The highest BCUT2D eigenvalue weighted by Crippen LogP contribution is 2.38. The van der Waals surface area contributed by atoms with Crippen LogP contribution in [0.25, 0.3) is 6.08 Å². The lowest BCUT2D eigenvalue weighted by Gasteiger charge is -2.07. The maximum absolute atomic E-state index is 12.5. The van der Waals surface area contributed by atoms with Crippen molar-refractivity contribution in [1.29, 1.82) is 0 Å². The maximum atomic E-state index is 12.5. The van der Waals surface area contributed by atoms with E-state index in [4.69, 9.17) is 14.2 Å². The van der Waals surface area contributed by atoms with Gasteiger partial charge >= 0.3 is 5.97 Å². The molecule has 0 fully saturated rings. The number of Topliss-reactive ketones (excluding diaryl/α,β-unsaturated/α-hetero) is 1. The second-order valence-corrected chi connectivity index (χ2v) is 6.82. The highest BCUT2D eigenvalue weighted by atomic mass is 16.7. The Labute approximate surface area is 173 Å². The van der Waals surface area contributed by atoms with Gasteiger partial charge in [-0.3, -0.25) is 14.9 Å². The number of benzene rings is 1. The van der Waals surface area contributed by atoms with E-state index in [2.05, 4.69) is 6.92 Å². The van der Waals surface area contributed by atoms with Crippen molar-refractivity contribution in [2.75, 3.05) is 13.4 Å². The molecule has 1 aliphatic rings. The lowest BCUT2D eigenvalue weighted by atomic mass is 10.1. The number of hydrogen-bond donors (Lipinski definition) is 0. The van der Waals surface area contributed by atoms with Gasteiger partial charge in [0.25, 0.3) is 5.69 Å². The van der Waals surface area contributed by atoms with E-state index in [9.17, 15) is 19.7 Å². The molecule has 30 heavy (non-hydrogen) atoms. The lowest BCUT2D eigenvalue weighted by molar-refractivity contribution is -0.385. The van der Waals surface area contributed by atoms with Crippen molar-refractivity contribution in [3.05, 3.63) is 56.9 Å². The van der Waals surface area contributed by atoms with E-state index in [1.807, 2.05) is 18.4 Å². The Morgan fingerprint density at radius 3 is 2.60 bits per heavy atom. The number of fused-ring (bicyclic) bond motifs is 1. The minimum atomic E-state index is -0.780. The van der Waals surface area contributed by atoms with Gasteiger partial charge in [0.05, 0.1) is 16.6 Å². The summed E-state index contributed by atoms with van der Waals surface area (Å²) in [4.78, 5) is 35.2. The molecule has 0 saturated heterocycles. The van der Waals surface area contributed by atoms with Gasteiger partial charge in [0, 0.05) is 29.6 Å². The summed E-state index contributed by atoms with van der Waals surface area (Å²) in [6.45, 7) is 6.20. The molecule has 0 bridgehead atoms. The first-order valence-corrected chi connectivity index (χ1v) is 9.44. The second-order valence-electron chi connectivity index (χ2n) is 6.82. The van der Waals surface area contributed by atoms with Crippen LogP contribution >= 0.6 is 0 Å². The molecule has 0 atom stereocenters. The van der Waals surface area contributed by atoms with Gasteiger partial charge in [0.2, 0.25) is 12.6 Å². The number of aromatic nitrogens is 1. The molecule has 3 rings (SSSR count). The number of ketones is 1. The van der Waals surface area contributed by atoms with E-state index >= 15 is 0 Å². The van der Waals surface area contributed by atoms with E-state index in [-0.39, 0.29) is 29.6 Å². The van der Waals surface area contributed by atoms with Crippen LogP contribution in [0, 0.1) is 24.0 Å². The fraction of sp³-hybridized carbons (Fsp3) is 0.333. The first kappa shape index (κ1) is 21.1. The van der Waals surface area contributed by atoms with E-state index in [1.54, 1.807) is 6.07 Å². The Balaban J connectivity index is 1.67. The molecule has 1 aromatic carbocycles. The summed E-state index contributed by atoms with van der Waals surface area (Å²) in [6, 6.07) is 4.44. The number of nitrogens with zero attached hydrogens (tertiary/aromatic N) is 2. The molecule has 1 aromatic heterocycles. The monoisotopic (exact) mass is 414 g/mol. The van der Waals surface area contributed by atoms with Crippen LogP contribution < -0.4 is 9.47 Å². The number of aryl methyl sites for hydroxylation is 1. The number of ether oxygens (including phenoxy) is 3. The van der Waals surface area contributed by atoms with Crippen molar-refractivity contribution in [2.24, 2.45) is 0 Å². The molecule has 1 aliphatic heterocycles. The zero-order chi connectivity index (χ0) is 21.8. The Hall–Kier alpha value is -3.62. The average molecular weight is 414 g/mol. The fourth-order valence-electron chi connectivity index (χ4n) is 3.31. The van der Waals surface area contributed by atoms with Crippen molar-refractivity contribution in [3.8, 4) is 11.5 Å². The fourth-order valence-corrected chi connectivity index (χ4v) is 3.31. The molecule has 0 unspecified atom stereocenters. The third-order valence-corrected chi connectivity index (χ3v) is 4.78. The number of nitro benzene ring substituents is 1. The van der Waals surface area contributed by atoms with Crippen molar-refractivity contribution in [1.82, 2.24) is 4.57 Å². The van der Waals surface area contributed by atoms with E-state index < -0.39 is 17.5 Å². The summed E-state index contributed by atoms with van der Waals surface area (Å²) in [5.74, 6) is -0.460. The molecule has 0 radical (unpaired) electrons. The smallest absolute Gasteiger partial charge is 0.331 e. The number of hydrogen-bond acceptors (Lipinski definition) is 7. The second kappa shape index (κ2) is 8.81. The molecule has 0 spiro atoms.